The first-order valence-corrected chi connectivity index (χ1v) is 10.1. The van der Waals surface area contributed by atoms with Crippen molar-refractivity contribution in [1.29, 1.82) is 0 Å². The summed E-state index contributed by atoms with van der Waals surface area (Å²) in [7, 11) is 0. The highest BCUT2D eigenvalue weighted by Gasteiger charge is 2.57. The van der Waals surface area contributed by atoms with Crippen LogP contribution in [0.2, 0.25) is 0 Å². The van der Waals surface area contributed by atoms with Crippen LogP contribution in [0.1, 0.15) is 11.1 Å². The summed E-state index contributed by atoms with van der Waals surface area (Å²) in [6.45, 7) is 0.228. The summed E-state index contributed by atoms with van der Waals surface area (Å²) in [6.07, 6.45) is -1.10. The maximum absolute atomic E-state index is 12.0. The summed E-state index contributed by atoms with van der Waals surface area (Å²) in [6, 6.07) is 6.79. The van der Waals surface area contributed by atoms with Gasteiger partial charge in [0.2, 0.25) is 11.6 Å². The van der Waals surface area contributed by atoms with Gasteiger partial charge in [-0.2, -0.15) is 0 Å². The molecule has 0 spiro atoms. The Balaban J connectivity index is 1.78. The van der Waals surface area contributed by atoms with Gasteiger partial charge >= 0.3 is 0 Å². The van der Waals surface area contributed by atoms with Crippen molar-refractivity contribution in [3.63, 3.8) is 0 Å². The van der Waals surface area contributed by atoms with Crippen LogP contribution in [0.3, 0.4) is 0 Å². The van der Waals surface area contributed by atoms with Crippen molar-refractivity contribution in [1.82, 2.24) is 24.8 Å². The van der Waals surface area contributed by atoms with E-state index in [1.807, 2.05) is 0 Å². The van der Waals surface area contributed by atoms with Crippen molar-refractivity contribution in [2.75, 3.05) is 25.4 Å². The third-order valence-electron chi connectivity index (χ3n) is 5.53. The van der Waals surface area contributed by atoms with Crippen LogP contribution in [0, 0.1) is 0 Å². The standard InChI is InChI=1S/C20H25N7O5/c21-5-6-23-14(29)7-11-1-3-12(4-2-11)20(17(31)16(30)13(8-28)32-20)27-10-26-15-18(22)24-9-25-19(15)27/h1-4,9-10,13,16-17,28,30-31H,5-8,21H2,(H,23,29)(H2,22,24,25)/t13-,16-,17-,20-/m1/s1. The van der Waals surface area contributed by atoms with Gasteiger partial charge in [-0.1, -0.05) is 24.3 Å². The monoisotopic (exact) mass is 443 g/mol. The van der Waals surface area contributed by atoms with Gasteiger partial charge in [-0.3, -0.25) is 9.36 Å². The van der Waals surface area contributed by atoms with Crippen LogP contribution in [-0.4, -0.2) is 78.8 Å². The first-order chi connectivity index (χ1) is 15.4. The summed E-state index contributed by atoms with van der Waals surface area (Å²) in [5.74, 6) is -0.0203. The first-order valence-electron chi connectivity index (χ1n) is 10.1. The average Bonchev–Trinajstić information content (AvgIpc) is 3.34. The molecule has 3 heterocycles. The van der Waals surface area contributed by atoms with E-state index < -0.39 is 30.6 Å². The van der Waals surface area contributed by atoms with E-state index >= 15 is 0 Å². The van der Waals surface area contributed by atoms with Crippen molar-refractivity contribution < 1.29 is 24.9 Å². The molecule has 1 saturated heterocycles. The molecule has 0 aliphatic carbocycles. The molecule has 0 unspecified atom stereocenters. The number of nitrogens with two attached hydrogens (primary N) is 2. The molecule has 4 rings (SSSR count). The van der Waals surface area contributed by atoms with Crippen LogP contribution in [0.4, 0.5) is 5.82 Å². The number of aliphatic hydroxyl groups is 3. The second kappa shape index (κ2) is 8.76. The van der Waals surface area contributed by atoms with E-state index in [4.69, 9.17) is 16.2 Å². The Morgan fingerprint density at radius 3 is 2.62 bits per heavy atom. The smallest absolute Gasteiger partial charge is 0.224 e. The Hall–Kier alpha value is -3.16. The second-order valence-corrected chi connectivity index (χ2v) is 7.53. The number of fused-ring (bicyclic) bond motifs is 1. The summed E-state index contributed by atoms with van der Waals surface area (Å²) in [5, 5.41) is 34.0. The lowest BCUT2D eigenvalue weighted by Gasteiger charge is -2.34. The van der Waals surface area contributed by atoms with Crippen LogP contribution in [0.5, 0.6) is 0 Å². The third kappa shape index (κ3) is 3.57. The lowest BCUT2D eigenvalue weighted by Crippen LogP contribution is -2.46. The Labute approximate surface area is 182 Å². The number of carbonyl (C=O) groups is 1. The second-order valence-electron chi connectivity index (χ2n) is 7.53. The van der Waals surface area contributed by atoms with Crippen LogP contribution in [0.25, 0.3) is 11.2 Å². The minimum atomic E-state index is -1.65. The molecule has 2 aromatic heterocycles. The number of nitrogens with one attached hydrogen (secondary N) is 1. The van der Waals surface area contributed by atoms with Crippen molar-refractivity contribution in [3.05, 3.63) is 48.0 Å². The highest BCUT2D eigenvalue weighted by Crippen LogP contribution is 2.42. The number of rotatable bonds is 7. The number of ether oxygens (including phenoxy) is 1. The molecule has 1 aliphatic rings. The van der Waals surface area contributed by atoms with E-state index in [9.17, 15) is 20.1 Å². The van der Waals surface area contributed by atoms with Gasteiger partial charge in [0.25, 0.3) is 0 Å². The molecule has 0 radical (unpaired) electrons. The lowest BCUT2D eigenvalue weighted by atomic mass is 9.93. The minimum absolute atomic E-state index is 0.148. The van der Waals surface area contributed by atoms with Crippen molar-refractivity contribution in [3.8, 4) is 0 Å². The van der Waals surface area contributed by atoms with Crippen LogP contribution < -0.4 is 16.8 Å². The number of nitrogens with zero attached hydrogens (tertiary/aromatic N) is 4. The van der Waals surface area contributed by atoms with Gasteiger partial charge in [-0.05, 0) is 5.56 Å². The van der Waals surface area contributed by atoms with E-state index in [1.165, 1.54) is 17.2 Å². The maximum Gasteiger partial charge on any atom is 0.224 e. The molecule has 32 heavy (non-hydrogen) atoms. The fourth-order valence-corrected chi connectivity index (χ4v) is 3.94. The normalized spacial score (nSPS) is 25.3. The van der Waals surface area contributed by atoms with Gasteiger partial charge in [0.1, 0.15) is 30.2 Å². The molecule has 12 nitrogen and oxygen atoms in total. The number of anilines is 1. The molecule has 3 aromatic rings. The summed E-state index contributed by atoms with van der Waals surface area (Å²) >= 11 is 0. The quantitative estimate of drug-likeness (QED) is 0.234. The number of carbonyl (C=O) groups excluding carboxylic acids is 1. The molecule has 4 atom stereocenters. The molecule has 12 heteroatoms. The largest absolute Gasteiger partial charge is 0.394 e. The molecule has 1 fully saturated rings. The van der Waals surface area contributed by atoms with Crippen molar-refractivity contribution in [2.24, 2.45) is 5.73 Å². The number of aliphatic hydroxyl groups excluding tert-OH is 3. The molecule has 8 N–H and O–H groups in total. The van der Waals surface area contributed by atoms with Gasteiger partial charge in [0.05, 0.1) is 19.4 Å². The number of imidazole rings is 1. The highest BCUT2D eigenvalue weighted by atomic mass is 16.6. The van der Waals surface area contributed by atoms with Gasteiger partial charge in [-0.25, -0.2) is 15.0 Å². The molecular formula is C20H25N7O5. The number of nitrogen functional groups attached to an aromatic ring is 1. The average molecular weight is 443 g/mol. The highest BCUT2D eigenvalue weighted by molar-refractivity contribution is 5.81. The van der Waals surface area contributed by atoms with E-state index in [0.29, 0.717) is 24.2 Å². The Bertz CT molecular complexity index is 1110. The van der Waals surface area contributed by atoms with Crippen molar-refractivity contribution in [2.45, 2.75) is 30.5 Å². The minimum Gasteiger partial charge on any atom is -0.394 e. The lowest BCUT2D eigenvalue weighted by molar-refractivity contribution is -0.120. The topological polar surface area (TPSA) is 195 Å². The number of amides is 1. The Morgan fingerprint density at radius 2 is 1.97 bits per heavy atom. The predicted molar refractivity (Wildman–Crippen MR) is 113 cm³/mol. The Kier molecular flexibility index (Phi) is 6.04. The summed E-state index contributed by atoms with van der Waals surface area (Å²) in [4.78, 5) is 24.4. The fraction of sp³-hybridized carbons (Fsp3) is 0.400. The maximum atomic E-state index is 12.0. The SMILES string of the molecule is NCCNC(=O)Cc1ccc([C@@]2(n3cnc4c(N)ncnc43)O[C@H](CO)[C@@H](O)[C@H]2O)cc1. The number of hydrogen-bond acceptors (Lipinski definition) is 10. The van der Waals surface area contributed by atoms with Crippen LogP contribution in [0.15, 0.2) is 36.9 Å². The zero-order chi connectivity index (χ0) is 22.9. The number of benzene rings is 1. The molecule has 0 bridgehead atoms. The predicted octanol–water partition coefficient (Wildman–Crippen LogP) is -2.16. The van der Waals surface area contributed by atoms with Crippen LogP contribution in [-0.2, 0) is 21.7 Å². The van der Waals surface area contributed by atoms with E-state index in [2.05, 4.69) is 20.3 Å². The van der Waals surface area contributed by atoms with Gasteiger partial charge in [-0.15, -0.1) is 0 Å². The van der Waals surface area contributed by atoms with Crippen molar-refractivity contribution >= 4 is 22.9 Å². The molecule has 1 aliphatic heterocycles. The van der Waals surface area contributed by atoms with Crippen LogP contribution >= 0.6 is 0 Å². The summed E-state index contributed by atoms with van der Waals surface area (Å²) in [5.41, 5.74) is 11.4. The van der Waals surface area contributed by atoms with E-state index in [1.54, 1.807) is 24.3 Å². The fourth-order valence-electron chi connectivity index (χ4n) is 3.94. The molecule has 1 amide bonds. The van der Waals surface area contributed by atoms with E-state index in [-0.39, 0.29) is 23.8 Å². The number of hydrogen-bond donors (Lipinski definition) is 6. The molecular weight excluding hydrogens is 418 g/mol. The number of aromatic nitrogens is 4. The zero-order valence-electron chi connectivity index (χ0n) is 17.1. The molecule has 170 valence electrons. The molecule has 0 saturated carbocycles. The van der Waals surface area contributed by atoms with Gasteiger partial charge < -0.3 is 36.8 Å². The van der Waals surface area contributed by atoms with Gasteiger partial charge in [0, 0.05) is 18.7 Å². The third-order valence-corrected chi connectivity index (χ3v) is 5.53. The first kappa shape index (κ1) is 22.0. The Morgan fingerprint density at radius 1 is 1.22 bits per heavy atom. The zero-order valence-corrected chi connectivity index (χ0v) is 17.1. The molecule has 1 aromatic carbocycles. The van der Waals surface area contributed by atoms with Gasteiger partial charge in [0.15, 0.2) is 11.5 Å². The summed E-state index contributed by atoms with van der Waals surface area (Å²) < 4.78 is 7.52. The van der Waals surface area contributed by atoms with E-state index in [0.717, 1.165) is 5.56 Å².